The van der Waals surface area contributed by atoms with Gasteiger partial charge < -0.3 is 5.32 Å². The van der Waals surface area contributed by atoms with Gasteiger partial charge >= 0.3 is 5.69 Å². The predicted molar refractivity (Wildman–Crippen MR) is 79.0 cm³/mol. The molecule has 1 heterocycles. The van der Waals surface area contributed by atoms with Crippen LogP contribution < -0.4 is 11.0 Å². The number of aromatic nitrogens is 3. The Balaban J connectivity index is 1.92. The fourth-order valence-corrected chi connectivity index (χ4v) is 2.46. The van der Waals surface area contributed by atoms with Crippen molar-refractivity contribution in [3.8, 4) is 6.07 Å². The van der Waals surface area contributed by atoms with Gasteiger partial charge in [0.1, 0.15) is 0 Å². The molecule has 0 aliphatic rings. The maximum atomic E-state index is 11.8. The first kappa shape index (κ1) is 14.9. The lowest BCUT2D eigenvalue weighted by Gasteiger charge is -2.05. The Morgan fingerprint density at radius 1 is 1.48 bits per heavy atom. The highest BCUT2D eigenvalue weighted by Crippen LogP contribution is 2.14. The number of H-pyrrole nitrogens is 1. The van der Waals surface area contributed by atoms with E-state index in [0.29, 0.717) is 23.0 Å². The Hall–Kier alpha value is -2.53. The minimum absolute atomic E-state index is 0.143. The molecule has 1 amide bonds. The van der Waals surface area contributed by atoms with E-state index < -0.39 is 0 Å². The molecule has 0 bridgehead atoms. The second kappa shape index (κ2) is 6.76. The molecule has 2 rings (SSSR count). The zero-order valence-electron chi connectivity index (χ0n) is 11.3. The number of nitriles is 1. The zero-order valence-corrected chi connectivity index (χ0v) is 12.1. The van der Waals surface area contributed by atoms with E-state index in [9.17, 15) is 9.59 Å². The van der Waals surface area contributed by atoms with Crippen LogP contribution in [-0.2, 0) is 11.3 Å². The molecule has 0 unspecified atom stereocenters. The Morgan fingerprint density at radius 2 is 2.19 bits per heavy atom. The Bertz CT molecular complexity index is 726. The number of nitrogens with zero attached hydrogens (tertiary/aromatic N) is 3. The van der Waals surface area contributed by atoms with Crippen molar-refractivity contribution in [3.63, 3.8) is 0 Å². The number of rotatable bonds is 5. The summed E-state index contributed by atoms with van der Waals surface area (Å²) in [6, 6.07) is 8.60. The summed E-state index contributed by atoms with van der Waals surface area (Å²) < 4.78 is 1.46. The molecule has 0 spiro atoms. The van der Waals surface area contributed by atoms with Crippen LogP contribution in [0.2, 0.25) is 0 Å². The van der Waals surface area contributed by atoms with Gasteiger partial charge in [-0.3, -0.25) is 9.36 Å². The molecule has 108 valence electrons. The van der Waals surface area contributed by atoms with Crippen LogP contribution in [0.15, 0.2) is 34.2 Å². The summed E-state index contributed by atoms with van der Waals surface area (Å²) in [4.78, 5) is 23.2. The van der Waals surface area contributed by atoms with Gasteiger partial charge in [0.05, 0.1) is 17.4 Å². The molecule has 0 saturated heterocycles. The first-order chi connectivity index (χ1) is 10.1. The van der Waals surface area contributed by atoms with E-state index in [-0.39, 0.29) is 17.3 Å². The summed E-state index contributed by atoms with van der Waals surface area (Å²) in [7, 11) is 0. The van der Waals surface area contributed by atoms with Crippen LogP contribution in [0.4, 0.5) is 5.69 Å². The molecule has 1 aromatic carbocycles. The quantitative estimate of drug-likeness (QED) is 0.808. The maximum absolute atomic E-state index is 11.8. The molecule has 0 saturated carbocycles. The summed E-state index contributed by atoms with van der Waals surface area (Å²) in [5.74, 6) is -0.0626. The number of hydrogen-bond acceptors (Lipinski definition) is 5. The molecule has 2 aromatic rings. The lowest BCUT2D eigenvalue weighted by atomic mass is 10.2. The average Bonchev–Trinajstić information content (AvgIpc) is 2.86. The van der Waals surface area contributed by atoms with Crippen molar-refractivity contribution < 1.29 is 4.79 Å². The molecule has 0 fully saturated rings. The van der Waals surface area contributed by atoms with Crippen molar-refractivity contribution >= 4 is 23.4 Å². The largest absolute Gasteiger partial charge is 0.343 e. The number of amides is 1. The van der Waals surface area contributed by atoms with Crippen LogP contribution in [0, 0.1) is 11.3 Å². The molecule has 0 aliphatic carbocycles. The lowest BCUT2D eigenvalue weighted by Crippen LogP contribution is -2.17. The summed E-state index contributed by atoms with van der Waals surface area (Å²) in [5, 5.41) is 18.1. The predicted octanol–water partition coefficient (Wildman–Crippen LogP) is 1.19. The van der Waals surface area contributed by atoms with Gasteiger partial charge in [-0.1, -0.05) is 11.8 Å². The number of carbonyl (C=O) groups is 1. The van der Waals surface area contributed by atoms with Gasteiger partial charge in [0, 0.05) is 12.2 Å². The van der Waals surface area contributed by atoms with Crippen molar-refractivity contribution in [2.75, 3.05) is 11.1 Å². The maximum Gasteiger partial charge on any atom is 0.343 e. The molecule has 7 nitrogen and oxygen atoms in total. The molecule has 0 radical (unpaired) electrons. The molecular weight excluding hydrogens is 290 g/mol. The van der Waals surface area contributed by atoms with Crippen LogP contribution in [0.3, 0.4) is 0 Å². The van der Waals surface area contributed by atoms with Crippen molar-refractivity contribution in [3.05, 3.63) is 40.3 Å². The number of nitrogens with one attached hydrogen (secondary N) is 2. The van der Waals surface area contributed by atoms with Gasteiger partial charge in [0.25, 0.3) is 0 Å². The zero-order chi connectivity index (χ0) is 15.2. The van der Waals surface area contributed by atoms with E-state index in [1.54, 1.807) is 24.3 Å². The number of thioether (sulfide) groups is 1. The summed E-state index contributed by atoms with van der Waals surface area (Å²) >= 11 is 1.18. The normalized spacial score (nSPS) is 10.1. The van der Waals surface area contributed by atoms with E-state index in [0.717, 1.165) is 0 Å². The molecule has 2 N–H and O–H groups in total. The minimum atomic E-state index is -0.285. The molecule has 21 heavy (non-hydrogen) atoms. The Morgan fingerprint density at radius 3 is 2.81 bits per heavy atom. The van der Waals surface area contributed by atoms with E-state index >= 15 is 0 Å². The number of hydrogen-bond donors (Lipinski definition) is 2. The van der Waals surface area contributed by atoms with Gasteiger partial charge in [-0.05, 0) is 31.2 Å². The highest BCUT2D eigenvalue weighted by Gasteiger charge is 2.10. The molecule has 0 aliphatic heterocycles. The second-order valence-corrected chi connectivity index (χ2v) is 5.02. The van der Waals surface area contributed by atoms with Gasteiger partial charge in [0.2, 0.25) is 5.91 Å². The Labute approximate surface area is 125 Å². The van der Waals surface area contributed by atoms with Crippen molar-refractivity contribution in [1.82, 2.24) is 14.8 Å². The fourth-order valence-electron chi connectivity index (χ4n) is 1.65. The first-order valence-corrected chi connectivity index (χ1v) is 7.20. The third-order valence-corrected chi connectivity index (χ3v) is 3.65. The summed E-state index contributed by atoms with van der Waals surface area (Å²) in [6.45, 7) is 2.33. The minimum Gasteiger partial charge on any atom is -0.325 e. The van der Waals surface area contributed by atoms with Gasteiger partial charge in [0.15, 0.2) is 5.16 Å². The lowest BCUT2D eigenvalue weighted by molar-refractivity contribution is -0.113. The SMILES string of the molecule is CCn1c(SCC(=O)Nc2ccc(C#N)cc2)n[nH]c1=O. The second-order valence-electron chi connectivity index (χ2n) is 4.08. The monoisotopic (exact) mass is 303 g/mol. The highest BCUT2D eigenvalue weighted by molar-refractivity contribution is 7.99. The van der Waals surface area contributed by atoms with Crippen LogP contribution in [0.5, 0.6) is 0 Å². The number of aromatic amines is 1. The third-order valence-electron chi connectivity index (χ3n) is 2.67. The van der Waals surface area contributed by atoms with Crippen LogP contribution in [0.1, 0.15) is 12.5 Å². The summed E-state index contributed by atoms with van der Waals surface area (Å²) in [5.41, 5.74) is 0.868. The van der Waals surface area contributed by atoms with Gasteiger partial charge in [-0.2, -0.15) is 5.26 Å². The van der Waals surface area contributed by atoms with Gasteiger partial charge in [-0.25, -0.2) is 9.89 Å². The molecule has 8 heteroatoms. The summed E-state index contributed by atoms with van der Waals surface area (Å²) in [6.07, 6.45) is 0. The molecule has 1 aromatic heterocycles. The first-order valence-electron chi connectivity index (χ1n) is 6.22. The standard InChI is InChI=1S/C13H13N5O2S/c1-2-18-12(20)16-17-13(18)21-8-11(19)15-10-5-3-9(7-14)4-6-10/h3-6H,2,8H2,1H3,(H,15,19)(H,16,20). The number of benzene rings is 1. The van der Waals surface area contributed by atoms with E-state index in [2.05, 4.69) is 15.5 Å². The fraction of sp³-hybridized carbons (Fsp3) is 0.231. The van der Waals surface area contributed by atoms with Crippen molar-refractivity contribution in [1.29, 1.82) is 5.26 Å². The smallest absolute Gasteiger partial charge is 0.325 e. The van der Waals surface area contributed by atoms with Gasteiger partial charge in [-0.15, -0.1) is 5.10 Å². The van der Waals surface area contributed by atoms with Crippen molar-refractivity contribution in [2.24, 2.45) is 0 Å². The Kier molecular flexibility index (Phi) is 4.79. The average molecular weight is 303 g/mol. The van der Waals surface area contributed by atoms with Crippen molar-refractivity contribution in [2.45, 2.75) is 18.6 Å². The number of carbonyl (C=O) groups excluding carboxylic acids is 1. The van der Waals surface area contributed by atoms with E-state index in [1.165, 1.54) is 16.3 Å². The number of anilines is 1. The molecule has 0 atom stereocenters. The third kappa shape index (κ3) is 3.73. The van der Waals surface area contributed by atoms with Crippen LogP contribution >= 0.6 is 11.8 Å². The van der Waals surface area contributed by atoms with E-state index in [1.807, 2.05) is 13.0 Å². The van der Waals surface area contributed by atoms with E-state index in [4.69, 9.17) is 5.26 Å². The van der Waals surface area contributed by atoms with Crippen LogP contribution in [-0.4, -0.2) is 26.4 Å². The molecular formula is C13H13N5O2S. The highest BCUT2D eigenvalue weighted by atomic mass is 32.2. The van der Waals surface area contributed by atoms with Crippen LogP contribution in [0.25, 0.3) is 0 Å². The topological polar surface area (TPSA) is 104 Å².